The molecular weight excluding hydrogens is 568 g/mol. The molecule has 218 valence electrons. The monoisotopic (exact) mass is 594 g/mol. The molecule has 4 rings (SSSR count). The summed E-state index contributed by atoms with van der Waals surface area (Å²) in [6.07, 6.45) is -3.69. The molecule has 2 fully saturated rings. The summed E-state index contributed by atoms with van der Waals surface area (Å²) in [7, 11) is 0. The maximum Gasteiger partial charge on any atom is 0.417 e. The number of carbonyl (C=O) groups is 2. The van der Waals surface area contributed by atoms with Crippen molar-refractivity contribution < 1.29 is 41.7 Å². The van der Waals surface area contributed by atoms with Crippen molar-refractivity contribution in [1.29, 1.82) is 5.26 Å². The Morgan fingerprint density at radius 3 is 2.41 bits per heavy atom. The van der Waals surface area contributed by atoms with E-state index >= 15 is 0 Å². The minimum atomic E-state index is -4.83. The molecule has 0 spiro atoms. The molecule has 1 aliphatic heterocycles. The van der Waals surface area contributed by atoms with E-state index in [2.05, 4.69) is 5.32 Å². The molecule has 1 aliphatic carbocycles. The van der Waals surface area contributed by atoms with Gasteiger partial charge >= 0.3 is 12.1 Å². The number of ether oxygens (including phenoxy) is 2. The fourth-order valence-electron chi connectivity index (χ4n) is 4.47. The Bertz CT molecular complexity index is 1420. The van der Waals surface area contributed by atoms with Crippen molar-refractivity contribution in [3.05, 3.63) is 53.3 Å². The van der Waals surface area contributed by atoms with Gasteiger partial charge in [0.15, 0.2) is 16.7 Å². The summed E-state index contributed by atoms with van der Waals surface area (Å²) >= 11 is 5.46. The van der Waals surface area contributed by atoms with Crippen molar-refractivity contribution in [2.75, 3.05) is 36.2 Å². The number of carboxylic acids is 1. The highest BCUT2D eigenvalue weighted by atomic mass is 32.1. The topological polar surface area (TPSA) is 115 Å². The van der Waals surface area contributed by atoms with Crippen molar-refractivity contribution in [1.82, 2.24) is 5.32 Å². The van der Waals surface area contributed by atoms with Crippen molar-refractivity contribution in [2.24, 2.45) is 0 Å². The summed E-state index contributed by atoms with van der Waals surface area (Å²) < 4.78 is 66.4. The molecule has 41 heavy (non-hydrogen) atoms. The predicted molar refractivity (Wildman–Crippen MR) is 143 cm³/mol. The number of thiocarbonyl (C=S) groups is 1. The minimum absolute atomic E-state index is 0.0143. The van der Waals surface area contributed by atoms with Gasteiger partial charge in [0.1, 0.15) is 17.7 Å². The number of carboxylic acid groups (broad SMARTS) is 1. The van der Waals surface area contributed by atoms with Crippen LogP contribution in [-0.4, -0.2) is 59.5 Å². The van der Waals surface area contributed by atoms with Crippen molar-refractivity contribution in [3.63, 3.8) is 0 Å². The molecule has 2 aliphatic rings. The van der Waals surface area contributed by atoms with Crippen LogP contribution in [0.1, 0.15) is 37.8 Å². The van der Waals surface area contributed by atoms with Gasteiger partial charge in [-0.2, -0.15) is 18.4 Å². The third kappa shape index (κ3) is 5.97. The van der Waals surface area contributed by atoms with Crippen LogP contribution in [0.4, 0.5) is 28.9 Å². The van der Waals surface area contributed by atoms with Gasteiger partial charge in [0.05, 0.1) is 36.1 Å². The summed E-state index contributed by atoms with van der Waals surface area (Å²) in [5.74, 6) is -2.38. The molecule has 2 aromatic rings. The van der Waals surface area contributed by atoms with Gasteiger partial charge in [0, 0.05) is 18.3 Å². The number of nitrogens with zero attached hydrogens (tertiary/aromatic N) is 3. The lowest BCUT2D eigenvalue weighted by molar-refractivity contribution is -0.141. The molecule has 1 saturated carbocycles. The van der Waals surface area contributed by atoms with E-state index in [4.69, 9.17) is 32.1 Å². The van der Waals surface area contributed by atoms with E-state index in [0.29, 0.717) is 25.5 Å². The van der Waals surface area contributed by atoms with Gasteiger partial charge in [-0.05, 0) is 69.2 Å². The van der Waals surface area contributed by atoms with Gasteiger partial charge in [-0.3, -0.25) is 19.8 Å². The van der Waals surface area contributed by atoms with Crippen LogP contribution in [0.2, 0.25) is 0 Å². The van der Waals surface area contributed by atoms with Gasteiger partial charge in [-0.1, -0.05) is 0 Å². The number of halogens is 4. The largest absolute Gasteiger partial charge is 0.488 e. The number of anilines is 2. The number of benzene rings is 2. The van der Waals surface area contributed by atoms with E-state index in [0.717, 1.165) is 17.0 Å². The van der Waals surface area contributed by atoms with Crippen molar-refractivity contribution in [2.45, 2.75) is 43.9 Å². The number of amides is 1. The molecule has 1 amide bonds. The first kappa shape index (κ1) is 30.2. The van der Waals surface area contributed by atoms with Gasteiger partial charge < -0.3 is 19.5 Å². The predicted octanol–water partition coefficient (Wildman–Crippen LogP) is 4.24. The summed E-state index contributed by atoms with van der Waals surface area (Å²) in [4.78, 5) is 26.7. The molecule has 0 unspecified atom stereocenters. The SMILES string of the molecule is CC1(C)C(=O)N(c2ccc(C#N)c(C(F)(F)F)c2)C(=S)N1c1ccc(OCCOCCNC2(C(=O)O)CC2)c(F)c1. The first-order valence-corrected chi connectivity index (χ1v) is 12.9. The first-order chi connectivity index (χ1) is 19.2. The maximum absolute atomic E-state index is 15.0. The Hall–Kier alpha value is -3.80. The average molecular weight is 595 g/mol. The van der Waals surface area contributed by atoms with Gasteiger partial charge in [0.25, 0.3) is 5.91 Å². The number of carbonyl (C=O) groups excluding carboxylic acids is 1. The quantitative estimate of drug-likeness (QED) is 0.224. The number of alkyl halides is 3. The van der Waals surface area contributed by atoms with E-state index in [9.17, 15) is 27.2 Å². The van der Waals surface area contributed by atoms with E-state index in [1.165, 1.54) is 43.0 Å². The normalized spacial score (nSPS) is 17.5. The van der Waals surface area contributed by atoms with Crippen LogP contribution in [-0.2, 0) is 20.5 Å². The summed E-state index contributed by atoms with van der Waals surface area (Å²) in [5.41, 5.74) is -4.02. The summed E-state index contributed by atoms with van der Waals surface area (Å²) in [6.45, 7) is 3.74. The van der Waals surface area contributed by atoms with Gasteiger partial charge in [-0.25, -0.2) is 4.39 Å². The molecule has 14 heteroatoms. The molecule has 2 N–H and O–H groups in total. The molecule has 2 aromatic carbocycles. The second kappa shape index (κ2) is 11.2. The first-order valence-electron chi connectivity index (χ1n) is 12.5. The third-order valence-corrected chi connectivity index (χ3v) is 7.25. The third-order valence-electron chi connectivity index (χ3n) is 6.88. The second-order valence-electron chi connectivity index (χ2n) is 10.0. The highest BCUT2D eigenvalue weighted by Crippen LogP contribution is 2.40. The molecule has 1 heterocycles. The lowest BCUT2D eigenvalue weighted by Crippen LogP contribution is -2.44. The zero-order valence-corrected chi connectivity index (χ0v) is 22.9. The number of nitriles is 1. The minimum Gasteiger partial charge on any atom is -0.488 e. The second-order valence-corrected chi connectivity index (χ2v) is 10.4. The molecule has 9 nitrogen and oxygen atoms in total. The Morgan fingerprint density at radius 1 is 1.15 bits per heavy atom. The van der Waals surface area contributed by atoms with Crippen LogP contribution in [0, 0.1) is 17.1 Å². The lowest BCUT2D eigenvalue weighted by atomic mass is 10.0. The standard InChI is InChI=1S/C27H26F4N4O5S/c1-25(2)22(36)34(17-4-3-16(15-32)19(13-17)27(29,30)31)24(41)35(25)18-5-6-21(20(28)14-18)40-12-11-39-10-9-33-26(7-8-26)23(37)38/h3-6,13-14,33H,7-12H2,1-2H3,(H,37,38). The summed E-state index contributed by atoms with van der Waals surface area (Å²) in [5, 5.41) is 21.0. The van der Waals surface area contributed by atoms with Crippen molar-refractivity contribution >= 4 is 40.6 Å². The Kier molecular flexibility index (Phi) is 8.26. The van der Waals surface area contributed by atoms with E-state index < -0.39 is 46.1 Å². The number of aliphatic carboxylic acids is 1. The van der Waals surface area contributed by atoms with Crippen LogP contribution in [0.25, 0.3) is 0 Å². The van der Waals surface area contributed by atoms with E-state index in [1.807, 2.05) is 0 Å². The highest BCUT2D eigenvalue weighted by molar-refractivity contribution is 7.81. The van der Waals surface area contributed by atoms with Crippen LogP contribution >= 0.6 is 12.2 Å². The lowest BCUT2D eigenvalue weighted by Gasteiger charge is -2.29. The van der Waals surface area contributed by atoms with E-state index in [-0.39, 0.29) is 42.1 Å². The number of rotatable bonds is 11. The zero-order valence-electron chi connectivity index (χ0n) is 22.0. The van der Waals surface area contributed by atoms with Crippen LogP contribution in [0.5, 0.6) is 5.75 Å². The zero-order chi connectivity index (χ0) is 30.2. The smallest absolute Gasteiger partial charge is 0.417 e. The Balaban J connectivity index is 1.41. The molecule has 0 atom stereocenters. The molecular formula is C27H26F4N4O5S. The Morgan fingerprint density at radius 2 is 1.83 bits per heavy atom. The molecule has 0 radical (unpaired) electrons. The van der Waals surface area contributed by atoms with E-state index in [1.54, 1.807) is 0 Å². The average Bonchev–Trinajstić information content (AvgIpc) is 3.67. The Labute approximate surface area is 238 Å². The fraction of sp³-hybridized carbons (Fsp3) is 0.407. The van der Waals surface area contributed by atoms with Crippen LogP contribution in [0.15, 0.2) is 36.4 Å². The van der Waals surface area contributed by atoms with Gasteiger partial charge in [0.2, 0.25) is 0 Å². The molecule has 1 saturated heterocycles. The number of hydrogen-bond acceptors (Lipinski definition) is 7. The maximum atomic E-state index is 15.0. The molecule has 0 aromatic heterocycles. The summed E-state index contributed by atoms with van der Waals surface area (Å²) in [6, 6.07) is 8.26. The van der Waals surface area contributed by atoms with Crippen LogP contribution in [0.3, 0.4) is 0 Å². The fourth-order valence-corrected chi connectivity index (χ4v) is 4.99. The number of hydrogen-bond donors (Lipinski definition) is 2. The molecule has 0 bridgehead atoms. The van der Waals surface area contributed by atoms with Crippen molar-refractivity contribution in [3.8, 4) is 11.8 Å². The van der Waals surface area contributed by atoms with Gasteiger partial charge in [-0.15, -0.1) is 0 Å². The van der Waals surface area contributed by atoms with Crippen LogP contribution < -0.4 is 19.9 Å². The highest BCUT2D eigenvalue weighted by Gasteiger charge is 2.51. The number of nitrogens with one attached hydrogen (secondary N) is 1.